The van der Waals surface area contributed by atoms with Crippen molar-refractivity contribution < 1.29 is 4.79 Å². The van der Waals surface area contributed by atoms with Crippen LogP contribution in [0, 0.1) is 13.8 Å². The van der Waals surface area contributed by atoms with E-state index in [0.29, 0.717) is 10.9 Å². The van der Waals surface area contributed by atoms with E-state index in [2.05, 4.69) is 23.4 Å². The minimum absolute atomic E-state index is 0.0209. The van der Waals surface area contributed by atoms with Gasteiger partial charge in [0, 0.05) is 28.4 Å². The number of ketones is 1. The number of nitrogens with zero attached hydrogens (tertiary/aromatic N) is 3. The van der Waals surface area contributed by atoms with Crippen LogP contribution >= 0.6 is 11.3 Å². The fourth-order valence-electron chi connectivity index (χ4n) is 3.11. The number of hydrogen-bond donors (Lipinski definition) is 0. The maximum absolute atomic E-state index is 12.7. The highest BCUT2D eigenvalue weighted by atomic mass is 32.1. The Morgan fingerprint density at radius 1 is 1.25 bits per heavy atom. The van der Waals surface area contributed by atoms with Gasteiger partial charge < -0.3 is 4.57 Å². The van der Waals surface area contributed by atoms with E-state index in [1.54, 1.807) is 0 Å². The number of Topliss-reactive ketones (excluding diaryl/α,β-unsaturated/α-hetero) is 1. The number of thiophene rings is 1. The number of aryl methyl sites for hydroxylation is 2. The fraction of sp³-hybridized carbons (Fsp3) is 0.389. The Hall–Kier alpha value is -2.21. The quantitative estimate of drug-likeness (QED) is 0.668. The molecule has 0 radical (unpaired) electrons. The van der Waals surface area contributed by atoms with Crippen molar-refractivity contribution in [1.82, 2.24) is 14.1 Å². The summed E-state index contributed by atoms with van der Waals surface area (Å²) in [6.07, 6.45) is 2.36. The molecule has 3 heterocycles. The van der Waals surface area contributed by atoms with E-state index in [0.717, 1.165) is 34.1 Å². The first-order valence-electron chi connectivity index (χ1n) is 8.14. The molecule has 0 unspecified atom stereocenters. The number of fused-ring (bicyclic) bond motifs is 1. The summed E-state index contributed by atoms with van der Waals surface area (Å²) in [5.41, 5.74) is 2.55. The van der Waals surface area contributed by atoms with Crippen molar-refractivity contribution in [2.75, 3.05) is 0 Å². The van der Waals surface area contributed by atoms with Crippen molar-refractivity contribution in [3.8, 4) is 0 Å². The number of carbonyl (C=O) groups excluding carboxylic acids is 1. The van der Waals surface area contributed by atoms with Gasteiger partial charge in [0.05, 0.1) is 18.3 Å². The molecule has 3 aromatic heterocycles. The lowest BCUT2D eigenvalue weighted by atomic mass is 10.1. The number of carbonyl (C=O) groups is 1. The van der Waals surface area contributed by atoms with Gasteiger partial charge in [-0.2, -0.15) is 0 Å². The molecule has 3 aromatic rings. The Balaban J connectivity index is 1.96. The van der Waals surface area contributed by atoms with Gasteiger partial charge in [-0.05, 0) is 39.3 Å². The highest BCUT2D eigenvalue weighted by Gasteiger charge is 2.17. The van der Waals surface area contributed by atoms with E-state index < -0.39 is 0 Å². The Morgan fingerprint density at radius 3 is 2.62 bits per heavy atom. The molecule has 0 aliphatic rings. The molecule has 0 aromatic carbocycles. The van der Waals surface area contributed by atoms with Crippen molar-refractivity contribution in [1.29, 1.82) is 0 Å². The highest BCUT2D eigenvalue weighted by molar-refractivity contribution is 7.18. The summed E-state index contributed by atoms with van der Waals surface area (Å²) in [7, 11) is 0. The summed E-state index contributed by atoms with van der Waals surface area (Å²) < 4.78 is 3.51. The van der Waals surface area contributed by atoms with Crippen LogP contribution in [0.4, 0.5) is 0 Å². The molecule has 0 aliphatic carbocycles. The van der Waals surface area contributed by atoms with Gasteiger partial charge in [-0.1, -0.05) is 6.92 Å². The van der Waals surface area contributed by atoms with Gasteiger partial charge in [0.2, 0.25) is 0 Å². The Morgan fingerprint density at radius 2 is 2.00 bits per heavy atom. The zero-order valence-electron chi connectivity index (χ0n) is 14.4. The molecule has 0 bridgehead atoms. The lowest BCUT2D eigenvalue weighted by Crippen LogP contribution is -2.24. The Labute approximate surface area is 144 Å². The number of hydrogen-bond acceptors (Lipinski definition) is 4. The summed E-state index contributed by atoms with van der Waals surface area (Å²) in [5, 5.41) is 0.603. The van der Waals surface area contributed by atoms with Gasteiger partial charge in [0.25, 0.3) is 5.56 Å². The molecule has 5 nitrogen and oxygen atoms in total. The van der Waals surface area contributed by atoms with E-state index in [1.165, 1.54) is 22.2 Å². The highest BCUT2D eigenvalue weighted by Crippen LogP contribution is 2.21. The number of aromatic nitrogens is 3. The lowest BCUT2D eigenvalue weighted by molar-refractivity contribution is 0.0970. The summed E-state index contributed by atoms with van der Waals surface area (Å²) in [4.78, 5) is 31.5. The zero-order valence-corrected chi connectivity index (χ0v) is 15.2. The van der Waals surface area contributed by atoms with Gasteiger partial charge in [-0.3, -0.25) is 14.2 Å². The fourth-order valence-corrected chi connectivity index (χ4v) is 4.03. The third kappa shape index (κ3) is 2.71. The second-order valence-corrected chi connectivity index (χ2v) is 7.03. The first-order chi connectivity index (χ1) is 11.5. The molecule has 0 aliphatic heterocycles. The van der Waals surface area contributed by atoms with Gasteiger partial charge in [-0.25, -0.2) is 4.98 Å². The van der Waals surface area contributed by atoms with Gasteiger partial charge in [0.1, 0.15) is 4.83 Å². The Bertz CT molecular complexity index is 978. The molecular formula is C18H21N3O2S. The van der Waals surface area contributed by atoms with Crippen molar-refractivity contribution in [3.05, 3.63) is 50.6 Å². The standard InChI is InChI=1S/C18H21N3O2S/c1-5-13-8-15-17(24-13)19-10-20(18(15)23)9-16(22)14-7-11(3)21(6-2)12(14)4/h7-8,10H,5-6,9H2,1-4H3. The molecule has 0 saturated heterocycles. The Kier molecular flexibility index (Phi) is 4.41. The molecule has 126 valence electrons. The van der Waals surface area contributed by atoms with Gasteiger partial charge in [-0.15, -0.1) is 11.3 Å². The summed E-state index contributed by atoms with van der Waals surface area (Å²) >= 11 is 1.53. The summed E-state index contributed by atoms with van der Waals surface area (Å²) in [6.45, 7) is 8.89. The predicted molar refractivity (Wildman–Crippen MR) is 97.2 cm³/mol. The molecule has 24 heavy (non-hydrogen) atoms. The van der Waals surface area contributed by atoms with Crippen molar-refractivity contribution >= 4 is 27.3 Å². The molecular weight excluding hydrogens is 322 g/mol. The summed E-state index contributed by atoms with van der Waals surface area (Å²) in [6, 6.07) is 3.79. The second-order valence-electron chi connectivity index (χ2n) is 5.91. The van der Waals surface area contributed by atoms with Crippen molar-refractivity contribution in [2.24, 2.45) is 0 Å². The third-order valence-electron chi connectivity index (χ3n) is 4.42. The minimum atomic E-state index is -0.145. The third-order valence-corrected chi connectivity index (χ3v) is 5.61. The van der Waals surface area contributed by atoms with Crippen LogP contribution in [-0.4, -0.2) is 19.9 Å². The monoisotopic (exact) mass is 343 g/mol. The van der Waals surface area contributed by atoms with Crippen LogP contribution in [-0.2, 0) is 19.5 Å². The van der Waals surface area contributed by atoms with Crippen LogP contribution in [0.15, 0.2) is 23.3 Å². The summed E-state index contributed by atoms with van der Waals surface area (Å²) in [5.74, 6) is -0.0583. The molecule has 3 rings (SSSR count). The zero-order chi connectivity index (χ0) is 17.4. The lowest BCUT2D eigenvalue weighted by Gasteiger charge is -2.07. The minimum Gasteiger partial charge on any atom is -0.349 e. The number of rotatable bonds is 5. The van der Waals surface area contributed by atoms with Gasteiger partial charge in [0.15, 0.2) is 5.78 Å². The molecule has 0 atom stereocenters. The largest absolute Gasteiger partial charge is 0.349 e. The smallest absolute Gasteiger partial charge is 0.262 e. The van der Waals surface area contributed by atoms with Crippen molar-refractivity contribution in [3.63, 3.8) is 0 Å². The van der Waals surface area contributed by atoms with Crippen LogP contribution in [0.2, 0.25) is 0 Å². The predicted octanol–water partition coefficient (Wildman–Crippen LogP) is 3.34. The van der Waals surface area contributed by atoms with Crippen LogP contribution < -0.4 is 5.56 Å². The van der Waals surface area contributed by atoms with E-state index in [1.807, 2.05) is 26.0 Å². The average Bonchev–Trinajstić information content (AvgIpc) is 3.11. The molecule has 0 saturated carbocycles. The maximum atomic E-state index is 12.7. The van der Waals surface area contributed by atoms with E-state index >= 15 is 0 Å². The first kappa shape index (κ1) is 16.6. The van der Waals surface area contributed by atoms with E-state index in [4.69, 9.17) is 0 Å². The second kappa shape index (κ2) is 6.36. The first-order valence-corrected chi connectivity index (χ1v) is 8.95. The van der Waals surface area contributed by atoms with E-state index in [9.17, 15) is 9.59 Å². The topological polar surface area (TPSA) is 56.9 Å². The SMILES string of the molecule is CCc1cc2c(=O)n(CC(=O)c3cc(C)n(CC)c3C)cnc2s1. The molecule has 0 spiro atoms. The van der Waals surface area contributed by atoms with Crippen LogP contribution in [0.1, 0.15) is 40.5 Å². The maximum Gasteiger partial charge on any atom is 0.262 e. The van der Waals surface area contributed by atoms with Crippen LogP contribution in [0.3, 0.4) is 0 Å². The normalized spacial score (nSPS) is 11.3. The molecule has 0 fully saturated rings. The van der Waals surface area contributed by atoms with E-state index in [-0.39, 0.29) is 17.9 Å². The molecule has 0 amide bonds. The van der Waals surface area contributed by atoms with Crippen LogP contribution in [0.5, 0.6) is 0 Å². The van der Waals surface area contributed by atoms with Gasteiger partial charge >= 0.3 is 0 Å². The average molecular weight is 343 g/mol. The molecule has 6 heteroatoms. The molecule has 0 N–H and O–H groups in total. The van der Waals surface area contributed by atoms with Crippen LogP contribution in [0.25, 0.3) is 10.2 Å². The van der Waals surface area contributed by atoms with Crippen molar-refractivity contribution in [2.45, 2.75) is 47.2 Å².